The van der Waals surface area contributed by atoms with E-state index < -0.39 is 27.1 Å². The fraction of sp³-hybridized carbons (Fsp3) is 0.312. The monoisotopic (exact) mass is 400 g/mol. The Hall–Kier alpha value is -2.39. The molecule has 8 nitrogen and oxygen atoms in total. The maximum absolute atomic E-state index is 12.6. The number of nitrogens with zero attached hydrogens (tertiary/aromatic N) is 1. The minimum Gasteiger partial charge on any atom is -0.461 e. The van der Waals surface area contributed by atoms with Gasteiger partial charge in [0.05, 0.1) is 16.3 Å². The average Bonchev–Trinajstić information content (AvgIpc) is 2.98. The van der Waals surface area contributed by atoms with Crippen LogP contribution in [0.3, 0.4) is 0 Å². The number of alkyl halides is 1. The lowest BCUT2D eigenvalue weighted by Gasteiger charge is -2.09. The van der Waals surface area contributed by atoms with Crippen LogP contribution in [0.1, 0.15) is 33.2 Å². The summed E-state index contributed by atoms with van der Waals surface area (Å²) in [7, 11) is -3.74. The molecule has 1 heterocycles. The number of H-pyrrole nitrogens is 1. The van der Waals surface area contributed by atoms with Crippen molar-refractivity contribution in [1.29, 1.82) is 0 Å². The second kappa shape index (κ2) is 7.88. The van der Waals surface area contributed by atoms with Gasteiger partial charge in [-0.3, -0.25) is 14.3 Å². The summed E-state index contributed by atoms with van der Waals surface area (Å²) in [6.45, 7) is 1.98. The second-order valence-electron chi connectivity index (χ2n) is 5.37. The fourth-order valence-electron chi connectivity index (χ4n) is 2.32. The Morgan fingerprint density at radius 1 is 1.27 bits per heavy atom. The van der Waals surface area contributed by atoms with Gasteiger partial charge >= 0.3 is 5.97 Å². The summed E-state index contributed by atoms with van der Waals surface area (Å²) in [5.41, 5.74) is -0.903. The van der Waals surface area contributed by atoms with Crippen LogP contribution in [0, 0.1) is 0 Å². The third-order valence-corrected chi connectivity index (χ3v) is 4.88. The summed E-state index contributed by atoms with van der Waals surface area (Å²) in [6.07, 6.45) is 2.21. The molecule has 2 aromatic rings. The van der Waals surface area contributed by atoms with E-state index in [9.17, 15) is 22.8 Å². The molecule has 0 aliphatic rings. The molecule has 140 valence electrons. The van der Waals surface area contributed by atoms with Crippen LogP contribution >= 0.6 is 11.6 Å². The first kappa shape index (κ1) is 19.9. The van der Waals surface area contributed by atoms with Crippen LogP contribution in [0.25, 0.3) is 0 Å². The minimum absolute atomic E-state index is 0.00502. The number of carbonyl (C=O) groups is 2. The smallest absolute Gasteiger partial charge is 0.339 e. The van der Waals surface area contributed by atoms with E-state index in [2.05, 4.69) is 5.10 Å². The van der Waals surface area contributed by atoms with Crippen molar-refractivity contribution in [3.63, 3.8) is 0 Å². The Kier molecular flexibility index (Phi) is 6.04. The minimum atomic E-state index is -3.74. The van der Waals surface area contributed by atoms with Crippen molar-refractivity contribution in [2.45, 2.75) is 18.4 Å². The molecule has 0 aliphatic heterocycles. The molecule has 0 saturated carbocycles. The Bertz CT molecular complexity index is 1010. The van der Waals surface area contributed by atoms with Gasteiger partial charge in [0.25, 0.3) is 5.56 Å². The van der Waals surface area contributed by atoms with Crippen molar-refractivity contribution in [3.05, 3.63) is 51.4 Å². The lowest BCUT2D eigenvalue weighted by atomic mass is 10.0. The third kappa shape index (κ3) is 4.05. The summed E-state index contributed by atoms with van der Waals surface area (Å²) >= 11 is 5.47. The predicted octanol–water partition coefficient (Wildman–Crippen LogP) is 1.23. The maximum atomic E-state index is 12.6. The number of halogens is 1. The third-order valence-electron chi connectivity index (χ3n) is 3.57. The molecule has 1 N–H and O–H groups in total. The fourth-order valence-corrected chi connectivity index (χ4v) is 3.26. The molecule has 0 fully saturated rings. The van der Waals surface area contributed by atoms with Crippen LogP contribution in [0.5, 0.6) is 0 Å². The molecular formula is C16H17ClN2O6S. The lowest BCUT2D eigenvalue weighted by Crippen LogP contribution is -2.21. The molecular weight excluding hydrogens is 384 g/mol. The van der Waals surface area contributed by atoms with E-state index in [1.807, 2.05) is 0 Å². The van der Waals surface area contributed by atoms with Crippen molar-refractivity contribution in [1.82, 2.24) is 9.78 Å². The van der Waals surface area contributed by atoms with Crippen molar-refractivity contribution in [2.24, 2.45) is 0 Å². The number of aromatic nitrogens is 2. The highest BCUT2D eigenvalue weighted by Crippen LogP contribution is 2.20. The molecule has 0 radical (unpaired) electrons. The van der Waals surface area contributed by atoms with Gasteiger partial charge in [-0.2, -0.15) is 0 Å². The lowest BCUT2D eigenvalue weighted by molar-refractivity contribution is 0.0524. The summed E-state index contributed by atoms with van der Waals surface area (Å²) < 4.78 is 29.9. The van der Waals surface area contributed by atoms with Crippen LogP contribution in [-0.2, 0) is 21.1 Å². The molecule has 1 aromatic heterocycles. The molecule has 0 bridgehead atoms. The predicted molar refractivity (Wildman–Crippen MR) is 94.7 cm³/mol. The van der Waals surface area contributed by atoms with Gasteiger partial charge in [0.15, 0.2) is 15.6 Å². The highest BCUT2D eigenvalue weighted by Gasteiger charge is 2.24. The average molecular weight is 401 g/mol. The second-order valence-corrected chi connectivity index (χ2v) is 7.74. The van der Waals surface area contributed by atoms with Crippen molar-refractivity contribution in [3.8, 4) is 0 Å². The maximum Gasteiger partial charge on any atom is 0.339 e. The van der Waals surface area contributed by atoms with Gasteiger partial charge in [0, 0.05) is 24.6 Å². The van der Waals surface area contributed by atoms with Gasteiger partial charge in [0.1, 0.15) is 12.2 Å². The molecule has 2 rings (SSSR count). The number of rotatable bonds is 7. The van der Waals surface area contributed by atoms with Gasteiger partial charge < -0.3 is 9.84 Å². The van der Waals surface area contributed by atoms with E-state index in [-0.39, 0.29) is 34.1 Å². The molecule has 0 amide bonds. The van der Waals surface area contributed by atoms with Gasteiger partial charge in [-0.15, -0.1) is 11.6 Å². The van der Waals surface area contributed by atoms with Gasteiger partial charge in [-0.25, -0.2) is 13.2 Å². The number of nitrogens with one attached hydrogen (secondary N) is 1. The van der Waals surface area contributed by atoms with Crippen molar-refractivity contribution in [2.75, 3.05) is 18.7 Å². The molecule has 0 aliphatic carbocycles. The number of carbonyl (C=O) groups excluding carboxylic acids is 2. The summed E-state index contributed by atoms with van der Waals surface area (Å²) in [5, 5.41) is 2.66. The van der Waals surface area contributed by atoms with Crippen molar-refractivity contribution >= 4 is 33.2 Å². The van der Waals surface area contributed by atoms with Crippen LogP contribution in [0.2, 0.25) is 0 Å². The number of aromatic amines is 1. The van der Waals surface area contributed by atoms with E-state index in [0.29, 0.717) is 6.54 Å². The first-order valence-electron chi connectivity index (χ1n) is 7.60. The van der Waals surface area contributed by atoms with E-state index in [4.69, 9.17) is 16.3 Å². The van der Waals surface area contributed by atoms with E-state index in [1.165, 1.54) is 16.9 Å². The zero-order valence-electron chi connectivity index (χ0n) is 14.1. The van der Waals surface area contributed by atoms with Crippen LogP contribution < -0.4 is 5.56 Å². The highest BCUT2D eigenvalue weighted by atomic mass is 35.5. The first-order valence-corrected chi connectivity index (χ1v) is 10.0. The number of aryl methyl sites for hydroxylation is 1. The standard InChI is InChI=1S/C16H17ClN2O6S/c1-3-19-15(21)12(9-18-19)14(20)10-4-5-13(26(2,23)24)11(8-10)16(22)25-7-6-17/h4-5,8-9,18H,3,6-7H2,1-2H3. The molecule has 1 aromatic carbocycles. The summed E-state index contributed by atoms with van der Waals surface area (Å²) in [4.78, 5) is 36.6. The van der Waals surface area contributed by atoms with Gasteiger partial charge in [-0.1, -0.05) is 0 Å². The number of esters is 1. The van der Waals surface area contributed by atoms with E-state index in [1.54, 1.807) is 6.92 Å². The molecule has 10 heteroatoms. The number of benzene rings is 1. The van der Waals surface area contributed by atoms with Gasteiger partial charge in [0.2, 0.25) is 0 Å². The van der Waals surface area contributed by atoms with Crippen LogP contribution in [0.15, 0.2) is 34.1 Å². The Morgan fingerprint density at radius 2 is 1.96 bits per heavy atom. The number of ketones is 1. The van der Waals surface area contributed by atoms with Crippen LogP contribution in [0.4, 0.5) is 0 Å². The summed E-state index contributed by atoms with van der Waals surface area (Å²) in [6, 6.07) is 3.50. The number of sulfone groups is 1. The quantitative estimate of drug-likeness (QED) is 0.424. The number of hydrogen-bond donors (Lipinski definition) is 1. The number of ether oxygens (including phenoxy) is 1. The molecule has 0 saturated heterocycles. The molecule has 0 atom stereocenters. The molecule has 26 heavy (non-hydrogen) atoms. The zero-order valence-corrected chi connectivity index (χ0v) is 15.7. The Labute approximate surface area is 154 Å². The highest BCUT2D eigenvalue weighted by molar-refractivity contribution is 7.90. The largest absolute Gasteiger partial charge is 0.461 e. The SMILES string of the molecule is CCn1[nH]cc(C(=O)c2ccc(S(C)(=O)=O)c(C(=O)OCCCl)c2)c1=O. The Morgan fingerprint density at radius 3 is 2.50 bits per heavy atom. The molecule has 0 spiro atoms. The van der Waals surface area contributed by atoms with E-state index >= 15 is 0 Å². The van der Waals surface area contributed by atoms with Gasteiger partial charge in [-0.05, 0) is 25.1 Å². The molecule has 0 unspecified atom stereocenters. The normalized spacial score (nSPS) is 11.3. The first-order chi connectivity index (χ1) is 12.2. The Balaban J connectivity index is 2.54. The van der Waals surface area contributed by atoms with E-state index in [0.717, 1.165) is 18.4 Å². The zero-order chi connectivity index (χ0) is 19.5. The topological polar surface area (TPSA) is 115 Å². The van der Waals surface area contributed by atoms with Crippen molar-refractivity contribution < 1.29 is 22.7 Å². The van der Waals surface area contributed by atoms with Crippen LogP contribution in [-0.4, -0.2) is 48.7 Å². The number of hydrogen-bond acceptors (Lipinski definition) is 6. The summed E-state index contributed by atoms with van der Waals surface area (Å²) in [5.74, 6) is -1.51.